The number of nitrogens with zero attached hydrogens (tertiary/aromatic N) is 2. The highest BCUT2D eigenvalue weighted by atomic mass is 79.9. The maximum absolute atomic E-state index is 14.6. The highest BCUT2D eigenvalue weighted by Gasteiger charge is 2.20. The molecule has 2 aromatic carbocycles. The van der Waals surface area contributed by atoms with E-state index in [-0.39, 0.29) is 47.3 Å². The van der Waals surface area contributed by atoms with Gasteiger partial charge in [0.15, 0.2) is 5.82 Å². The van der Waals surface area contributed by atoms with Gasteiger partial charge >= 0.3 is 5.97 Å². The van der Waals surface area contributed by atoms with E-state index in [4.69, 9.17) is 9.47 Å². The van der Waals surface area contributed by atoms with Crippen molar-refractivity contribution in [3.05, 3.63) is 63.1 Å². The molecule has 1 heterocycles. The number of fused-ring (bicyclic) bond motifs is 1. The lowest BCUT2D eigenvalue weighted by Gasteiger charge is -2.10. The average Bonchev–Trinajstić information content (AvgIpc) is 3.02. The second-order valence-electron chi connectivity index (χ2n) is 6.25. The van der Waals surface area contributed by atoms with E-state index >= 15 is 0 Å². The lowest BCUT2D eigenvalue weighted by molar-refractivity contribution is 0.0526. The van der Waals surface area contributed by atoms with Crippen molar-refractivity contribution in [1.29, 1.82) is 0 Å². The van der Waals surface area contributed by atoms with Crippen LogP contribution in [0.3, 0.4) is 0 Å². The predicted octanol–water partition coefficient (Wildman–Crippen LogP) is 4.63. The maximum atomic E-state index is 14.6. The molecule has 154 valence electrons. The summed E-state index contributed by atoms with van der Waals surface area (Å²) >= 11 is 2.94. The zero-order chi connectivity index (χ0) is 21.1. The van der Waals surface area contributed by atoms with Gasteiger partial charge in [-0.25, -0.2) is 22.9 Å². The topological polar surface area (TPSA) is 53.3 Å². The standard InChI is InChI=1S/C20H18BrF3N2O3/c1-3-29-20(27)12-7-16(24)19-17(8-12)26(4-5-28-2)18(25-19)9-11-6-15(23)13(21)10-14(11)22/h6-8,10H,3-5,9H2,1-2H3. The lowest BCUT2D eigenvalue weighted by atomic mass is 10.1. The van der Waals surface area contributed by atoms with Gasteiger partial charge in [0, 0.05) is 20.1 Å². The van der Waals surface area contributed by atoms with Crippen molar-refractivity contribution in [1.82, 2.24) is 9.55 Å². The van der Waals surface area contributed by atoms with Gasteiger partial charge in [-0.05, 0) is 52.7 Å². The molecular formula is C20H18BrF3N2O3. The molecule has 3 aromatic rings. The Morgan fingerprint density at radius 2 is 1.90 bits per heavy atom. The van der Waals surface area contributed by atoms with Gasteiger partial charge in [0.05, 0.1) is 28.8 Å². The summed E-state index contributed by atoms with van der Waals surface area (Å²) in [5, 5.41) is 0. The molecule has 5 nitrogen and oxygen atoms in total. The first kappa shape index (κ1) is 21.3. The largest absolute Gasteiger partial charge is 0.462 e. The van der Waals surface area contributed by atoms with Crippen LogP contribution in [0, 0.1) is 17.5 Å². The van der Waals surface area contributed by atoms with E-state index in [0.29, 0.717) is 11.3 Å². The summed E-state index contributed by atoms with van der Waals surface area (Å²) < 4.78 is 54.5. The molecule has 29 heavy (non-hydrogen) atoms. The Labute approximate surface area is 173 Å². The predicted molar refractivity (Wildman–Crippen MR) is 104 cm³/mol. The van der Waals surface area contributed by atoms with Crippen LogP contribution >= 0.6 is 15.9 Å². The van der Waals surface area contributed by atoms with Crippen molar-refractivity contribution in [2.45, 2.75) is 19.9 Å². The van der Waals surface area contributed by atoms with Gasteiger partial charge in [0.1, 0.15) is 23.0 Å². The average molecular weight is 471 g/mol. The Balaban J connectivity index is 2.12. The van der Waals surface area contributed by atoms with Gasteiger partial charge in [0.25, 0.3) is 0 Å². The summed E-state index contributed by atoms with van der Waals surface area (Å²) in [6.07, 6.45) is -0.0669. The van der Waals surface area contributed by atoms with Gasteiger partial charge in [-0.3, -0.25) is 0 Å². The number of halogens is 4. The van der Waals surface area contributed by atoms with E-state index in [1.807, 2.05) is 0 Å². The van der Waals surface area contributed by atoms with Crippen LogP contribution in [0.1, 0.15) is 28.7 Å². The molecule has 0 saturated carbocycles. The third-order valence-electron chi connectivity index (χ3n) is 4.35. The summed E-state index contributed by atoms with van der Waals surface area (Å²) in [7, 11) is 1.51. The number of carbonyl (C=O) groups is 1. The second-order valence-corrected chi connectivity index (χ2v) is 7.11. The fraction of sp³-hybridized carbons (Fsp3) is 0.300. The van der Waals surface area contributed by atoms with E-state index in [1.54, 1.807) is 11.5 Å². The van der Waals surface area contributed by atoms with Gasteiger partial charge in [0.2, 0.25) is 0 Å². The molecule has 9 heteroatoms. The monoisotopic (exact) mass is 470 g/mol. The van der Waals surface area contributed by atoms with E-state index in [2.05, 4.69) is 20.9 Å². The molecule has 0 atom stereocenters. The molecule has 0 bridgehead atoms. The summed E-state index contributed by atoms with van der Waals surface area (Å²) in [4.78, 5) is 16.3. The molecule has 0 fully saturated rings. The van der Waals surface area contributed by atoms with Crippen molar-refractivity contribution < 1.29 is 27.4 Å². The number of carbonyl (C=O) groups excluding carboxylic acids is 1. The normalized spacial score (nSPS) is 11.2. The minimum absolute atomic E-state index is 0.0109. The van der Waals surface area contributed by atoms with E-state index in [1.165, 1.54) is 13.2 Å². The van der Waals surface area contributed by atoms with E-state index < -0.39 is 23.4 Å². The number of methoxy groups -OCH3 is 1. The molecule has 0 spiro atoms. The maximum Gasteiger partial charge on any atom is 0.338 e. The van der Waals surface area contributed by atoms with Crippen molar-refractivity contribution in [2.75, 3.05) is 20.3 Å². The molecule has 0 unspecified atom stereocenters. The lowest BCUT2D eigenvalue weighted by Crippen LogP contribution is -2.10. The number of esters is 1. The fourth-order valence-electron chi connectivity index (χ4n) is 3.00. The third kappa shape index (κ3) is 4.45. The first-order valence-corrected chi connectivity index (χ1v) is 9.63. The van der Waals surface area contributed by atoms with Crippen LogP contribution in [0.4, 0.5) is 13.2 Å². The molecule has 3 rings (SSSR count). The van der Waals surface area contributed by atoms with E-state index in [0.717, 1.165) is 18.2 Å². The van der Waals surface area contributed by atoms with Crippen molar-refractivity contribution >= 4 is 32.9 Å². The van der Waals surface area contributed by atoms with Gasteiger partial charge in [-0.15, -0.1) is 0 Å². The Morgan fingerprint density at radius 1 is 1.14 bits per heavy atom. The highest BCUT2D eigenvalue weighted by molar-refractivity contribution is 9.10. The minimum Gasteiger partial charge on any atom is -0.462 e. The Hall–Kier alpha value is -2.39. The Morgan fingerprint density at radius 3 is 2.59 bits per heavy atom. The summed E-state index contributed by atoms with van der Waals surface area (Å²) in [6, 6.07) is 4.63. The zero-order valence-electron chi connectivity index (χ0n) is 15.8. The number of hydrogen-bond acceptors (Lipinski definition) is 4. The number of ether oxygens (including phenoxy) is 2. The number of hydrogen-bond donors (Lipinski definition) is 0. The number of rotatable bonds is 7. The molecule has 0 N–H and O–H groups in total. The van der Waals surface area contributed by atoms with Crippen molar-refractivity contribution in [2.24, 2.45) is 0 Å². The van der Waals surface area contributed by atoms with Gasteiger partial charge in [-0.1, -0.05) is 0 Å². The zero-order valence-corrected chi connectivity index (χ0v) is 17.4. The molecule has 0 aliphatic heterocycles. The van der Waals surface area contributed by atoms with E-state index in [9.17, 15) is 18.0 Å². The summed E-state index contributed by atoms with van der Waals surface area (Å²) in [5.74, 6) is -2.27. The van der Waals surface area contributed by atoms with Crippen molar-refractivity contribution in [3.8, 4) is 0 Å². The SMILES string of the molecule is CCOC(=O)c1cc(F)c2nc(Cc3cc(F)c(Br)cc3F)n(CCOC)c2c1. The summed E-state index contributed by atoms with van der Waals surface area (Å²) in [6.45, 7) is 2.37. The van der Waals surface area contributed by atoms with Gasteiger partial charge < -0.3 is 14.0 Å². The van der Waals surface area contributed by atoms with Crippen molar-refractivity contribution in [3.63, 3.8) is 0 Å². The Kier molecular flexibility index (Phi) is 6.59. The smallest absolute Gasteiger partial charge is 0.338 e. The number of aromatic nitrogens is 2. The fourth-order valence-corrected chi connectivity index (χ4v) is 3.31. The van der Waals surface area contributed by atoms with Crippen LogP contribution in [0.5, 0.6) is 0 Å². The molecule has 1 aromatic heterocycles. The molecule has 0 radical (unpaired) electrons. The molecule has 0 aliphatic rings. The second kappa shape index (κ2) is 8.96. The van der Waals surface area contributed by atoms with Crippen LogP contribution in [0.2, 0.25) is 0 Å². The Bertz CT molecular complexity index is 1070. The minimum atomic E-state index is -0.703. The van der Waals surface area contributed by atoms with Gasteiger partial charge in [-0.2, -0.15) is 0 Å². The van der Waals surface area contributed by atoms with Crippen LogP contribution in [-0.2, 0) is 22.4 Å². The van der Waals surface area contributed by atoms with Crippen LogP contribution < -0.4 is 0 Å². The highest BCUT2D eigenvalue weighted by Crippen LogP contribution is 2.26. The molecule has 0 saturated heterocycles. The molecular weight excluding hydrogens is 453 g/mol. The quantitative estimate of drug-likeness (QED) is 0.373. The number of benzene rings is 2. The third-order valence-corrected chi connectivity index (χ3v) is 4.96. The number of imidazole rings is 1. The van der Waals surface area contributed by atoms with Crippen LogP contribution in [0.25, 0.3) is 11.0 Å². The first-order valence-electron chi connectivity index (χ1n) is 8.83. The first-order chi connectivity index (χ1) is 13.8. The molecule has 0 aliphatic carbocycles. The molecule has 0 amide bonds. The summed E-state index contributed by atoms with van der Waals surface area (Å²) in [5.41, 5.74) is 0.494. The van der Waals surface area contributed by atoms with Crippen LogP contribution in [-0.4, -0.2) is 35.8 Å². The van der Waals surface area contributed by atoms with Crippen LogP contribution in [0.15, 0.2) is 28.7 Å².